The van der Waals surface area contributed by atoms with Gasteiger partial charge in [-0.1, -0.05) is 23.5 Å². The van der Waals surface area contributed by atoms with Crippen LogP contribution in [0.15, 0.2) is 29.3 Å². The first-order valence-electron chi connectivity index (χ1n) is 7.97. The normalized spacial score (nSPS) is 16.0. The van der Waals surface area contributed by atoms with Gasteiger partial charge in [0.25, 0.3) is 5.01 Å². The Morgan fingerprint density at radius 3 is 2.88 bits per heavy atom. The smallest absolute Gasteiger partial charge is 0.305 e. The molecule has 8 heteroatoms. The lowest BCUT2D eigenvalue weighted by Gasteiger charge is -2.16. The molecule has 0 atom stereocenters. The summed E-state index contributed by atoms with van der Waals surface area (Å²) < 4.78 is 3.09. The SMILES string of the molecule is O=C([O-])CC[n+]1c(C=C2SCCN2CCC(=O)O)sc2ccccc21. The lowest BCUT2D eigenvalue weighted by molar-refractivity contribution is -0.668. The summed E-state index contributed by atoms with van der Waals surface area (Å²) in [5, 5.41) is 21.8. The first-order chi connectivity index (χ1) is 12.0. The number of aryl methyl sites for hydroxylation is 1. The molecule has 0 spiro atoms. The van der Waals surface area contributed by atoms with Crippen molar-refractivity contribution >= 4 is 51.3 Å². The molecule has 1 aromatic carbocycles. The summed E-state index contributed by atoms with van der Waals surface area (Å²) in [6.07, 6.45) is 2.10. The molecule has 0 amide bonds. The number of rotatable bonds is 7. The van der Waals surface area contributed by atoms with Crippen molar-refractivity contribution in [1.82, 2.24) is 4.90 Å². The van der Waals surface area contributed by atoms with Crippen molar-refractivity contribution in [3.05, 3.63) is 34.3 Å². The second-order valence-corrected chi connectivity index (χ2v) is 7.82. The minimum Gasteiger partial charge on any atom is -0.550 e. The number of thioether (sulfide) groups is 1. The van der Waals surface area contributed by atoms with Crippen molar-refractivity contribution in [3.8, 4) is 0 Å². The molecule has 3 rings (SSSR count). The van der Waals surface area contributed by atoms with Gasteiger partial charge in [-0.25, -0.2) is 0 Å². The highest BCUT2D eigenvalue weighted by Gasteiger charge is 2.23. The lowest BCUT2D eigenvalue weighted by Crippen LogP contribution is -2.38. The number of aromatic nitrogens is 1. The van der Waals surface area contributed by atoms with Gasteiger partial charge >= 0.3 is 5.97 Å². The Bertz CT molecular complexity index is 831. The molecule has 1 aromatic heterocycles. The van der Waals surface area contributed by atoms with E-state index < -0.39 is 11.9 Å². The number of benzene rings is 1. The summed E-state index contributed by atoms with van der Waals surface area (Å²) in [4.78, 5) is 23.8. The molecule has 0 bridgehead atoms. The van der Waals surface area contributed by atoms with Crippen LogP contribution < -0.4 is 9.67 Å². The second kappa shape index (κ2) is 7.88. The minimum absolute atomic E-state index is 0.0442. The van der Waals surface area contributed by atoms with Crippen LogP contribution in [0.3, 0.4) is 0 Å². The molecule has 1 fully saturated rings. The molecule has 2 heterocycles. The van der Waals surface area contributed by atoms with Gasteiger partial charge in [0.15, 0.2) is 6.54 Å². The number of hydrogen-bond acceptors (Lipinski definition) is 6. The van der Waals surface area contributed by atoms with Crippen LogP contribution in [0.2, 0.25) is 0 Å². The lowest BCUT2D eigenvalue weighted by atomic mass is 10.3. The van der Waals surface area contributed by atoms with E-state index >= 15 is 0 Å². The van der Waals surface area contributed by atoms with Crippen LogP contribution in [-0.4, -0.2) is 40.8 Å². The number of thiazole rings is 1. The number of para-hydroxylation sites is 1. The molecule has 132 valence electrons. The van der Waals surface area contributed by atoms with Gasteiger partial charge in [-0.3, -0.25) is 4.79 Å². The predicted octanol–water partition coefficient (Wildman–Crippen LogP) is 1.15. The maximum atomic E-state index is 10.9. The van der Waals surface area contributed by atoms with Crippen molar-refractivity contribution in [2.45, 2.75) is 19.4 Å². The van der Waals surface area contributed by atoms with Gasteiger partial charge in [-0.2, -0.15) is 4.57 Å². The fourth-order valence-electron chi connectivity index (χ4n) is 2.75. The van der Waals surface area contributed by atoms with Crippen LogP contribution in [-0.2, 0) is 16.1 Å². The Morgan fingerprint density at radius 1 is 1.32 bits per heavy atom. The monoisotopic (exact) mass is 378 g/mol. The van der Waals surface area contributed by atoms with Crippen LogP contribution >= 0.6 is 23.1 Å². The Morgan fingerprint density at radius 2 is 2.12 bits per heavy atom. The summed E-state index contributed by atoms with van der Waals surface area (Å²) >= 11 is 3.30. The topological polar surface area (TPSA) is 84.5 Å². The van der Waals surface area contributed by atoms with E-state index in [0.29, 0.717) is 13.1 Å². The van der Waals surface area contributed by atoms with Crippen LogP contribution in [0.1, 0.15) is 17.8 Å². The maximum Gasteiger partial charge on any atom is 0.305 e. The highest BCUT2D eigenvalue weighted by atomic mass is 32.2. The molecule has 0 unspecified atom stereocenters. The summed E-state index contributed by atoms with van der Waals surface area (Å²) in [6.45, 7) is 1.66. The zero-order valence-electron chi connectivity index (χ0n) is 13.5. The Kier molecular flexibility index (Phi) is 5.60. The first kappa shape index (κ1) is 17.8. The van der Waals surface area contributed by atoms with E-state index in [4.69, 9.17) is 5.11 Å². The largest absolute Gasteiger partial charge is 0.550 e. The van der Waals surface area contributed by atoms with Gasteiger partial charge in [0.2, 0.25) is 5.52 Å². The van der Waals surface area contributed by atoms with Gasteiger partial charge in [0.1, 0.15) is 4.70 Å². The van der Waals surface area contributed by atoms with E-state index in [2.05, 4.69) is 4.90 Å². The van der Waals surface area contributed by atoms with Crippen LogP contribution in [0.4, 0.5) is 0 Å². The second-order valence-electron chi connectivity index (χ2n) is 5.64. The highest BCUT2D eigenvalue weighted by Crippen LogP contribution is 2.31. The fourth-order valence-corrected chi connectivity index (χ4v) is 5.03. The number of carboxylic acids is 2. The highest BCUT2D eigenvalue weighted by molar-refractivity contribution is 8.03. The average Bonchev–Trinajstić information content (AvgIpc) is 3.15. The van der Waals surface area contributed by atoms with E-state index in [-0.39, 0.29) is 12.8 Å². The quantitative estimate of drug-likeness (QED) is 0.728. The van der Waals surface area contributed by atoms with Crippen molar-refractivity contribution in [2.75, 3.05) is 18.8 Å². The molecular formula is C17H18N2O4S2. The Labute approximate surface area is 153 Å². The van der Waals surface area contributed by atoms with Crippen molar-refractivity contribution < 1.29 is 24.4 Å². The molecule has 1 aliphatic rings. The van der Waals surface area contributed by atoms with E-state index in [1.165, 1.54) is 0 Å². The number of carbonyl (C=O) groups is 2. The molecule has 2 aromatic rings. The number of nitrogens with zero attached hydrogens (tertiary/aromatic N) is 2. The van der Waals surface area contributed by atoms with Gasteiger partial charge in [0, 0.05) is 37.3 Å². The molecule has 6 nitrogen and oxygen atoms in total. The van der Waals surface area contributed by atoms with Crippen LogP contribution in [0.5, 0.6) is 0 Å². The van der Waals surface area contributed by atoms with Crippen molar-refractivity contribution in [2.24, 2.45) is 0 Å². The third kappa shape index (κ3) is 4.32. The zero-order chi connectivity index (χ0) is 17.8. The molecule has 1 saturated heterocycles. The summed E-state index contributed by atoms with van der Waals surface area (Å²) in [5.41, 5.74) is 1.00. The standard InChI is InChI=1S/C17H18N2O4S2/c20-16(21)5-7-18-9-10-24-14(18)11-15-19(8-6-17(22)23)12-3-1-2-4-13(12)25-15/h1-4,11H,5-10H2,(H-,20,21,22,23). The van der Waals surface area contributed by atoms with Crippen LogP contribution in [0.25, 0.3) is 16.3 Å². The molecule has 0 aliphatic carbocycles. The van der Waals surface area contributed by atoms with Crippen LogP contribution in [0, 0.1) is 0 Å². The van der Waals surface area contributed by atoms with E-state index in [1.807, 2.05) is 34.9 Å². The third-order valence-corrected chi connectivity index (χ3v) is 6.11. The number of fused-ring (bicyclic) bond motifs is 1. The average molecular weight is 378 g/mol. The number of aliphatic carboxylic acids is 2. The maximum absolute atomic E-state index is 10.9. The zero-order valence-corrected chi connectivity index (χ0v) is 15.1. The summed E-state index contributed by atoms with van der Waals surface area (Å²) in [6, 6.07) is 7.89. The van der Waals surface area contributed by atoms with Gasteiger partial charge in [-0.05, 0) is 6.07 Å². The summed E-state index contributed by atoms with van der Waals surface area (Å²) in [5.74, 6) is -0.947. The third-order valence-electron chi connectivity index (χ3n) is 3.94. The van der Waals surface area contributed by atoms with E-state index in [1.54, 1.807) is 23.1 Å². The Balaban J connectivity index is 1.92. The van der Waals surface area contributed by atoms with Gasteiger partial charge in [-0.15, -0.1) is 11.8 Å². The molecule has 0 radical (unpaired) electrons. The van der Waals surface area contributed by atoms with Gasteiger partial charge in [0.05, 0.1) is 17.5 Å². The Hall–Kier alpha value is -2.06. The molecule has 1 aliphatic heterocycles. The molecule has 25 heavy (non-hydrogen) atoms. The van der Waals surface area contributed by atoms with Crippen molar-refractivity contribution in [3.63, 3.8) is 0 Å². The predicted molar refractivity (Wildman–Crippen MR) is 95.9 cm³/mol. The van der Waals surface area contributed by atoms with Gasteiger partial charge < -0.3 is 19.9 Å². The molecular weight excluding hydrogens is 360 g/mol. The van der Waals surface area contributed by atoms with Crippen molar-refractivity contribution in [1.29, 1.82) is 0 Å². The number of carbonyl (C=O) groups excluding carboxylic acids is 1. The first-order valence-corrected chi connectivity index (χ1v) is 9.77. The number of carboxylic acid groups (broad SMARTS) is 2. The molecule has 0 saturated carbocycles. The fraction of sp³-hybridized carbons (Fsp3) is 0.353. The van der Waals surface area contributed by atoms with E-state index in [9.17, 15) is 14.7 Å². The van der Waals surface area contributed by atoms with E-state index in [0.717, 1.165) is 32.6 Å². The molecule has 1 N–H and O–H groups in total. The minimum atomic E-state index is -1.07. The number of hydrogen-bond donors (Lipinski definition) is 1. The summed E-state index contributed by atoms with van der Waals surface area (Å²) in [7, 11) is 0.